The van der Waals surface area contributed by atoms with Crippen LogP contribution in [0.1, 0.15) is 12.0 Å². The van der Waals surface area contributed by atoms with Gasteiger partial charge in [0.1, 0.15) is 0 Å². The molecule has 2 atom stereocenters. The van der Waals surface area contributed by atoms with Crippen molar-refractivity contribution >= 4 is 5.69 Å². The Morgan fingerprint density at radius 3 is 2.79 bits per heavy atom. The van der Waals surface area contributed by atoms with Crippen molar-refractivity contribution in [3.05, 3.63) is 29.8 Å². The minimum atomic E-state index is 0.770. The van der Waals surface area contributed by atoms with Crippen LogP contribution in [-0.2, 0) is 0 Å². The second kappa shape index (κ2) is 4.01. The lowest BCUT2D eigenvalue weighted by Gasteiger charge is -2.08. The van der Waals surface area contributed by atoms with Gasteiger partial charge in [-0.2, -0.15) is 0 Å². The maximum absolute atomic E-state index is 5.60. The Bertz CT molecular complexity index is 309. The Labute approximate surface area is 85.5 Å². The monoisotopic (exact) mass is 190 g/mol. The summed E-state index contributed by atoms with van der Waals surface area (Å²) in [6, 6.07) is 8.41. The van der Waals surface area contributed by atoms with Crippen LogP contribution in [0.2, 0.25) is 0 Å². The van der Waals surface area contributed by atoms with Gasteiger partial charge in [-0.15, -0.1) is 0 Å². The number of anilines is 1. The summed E-state index contributed by atoms with van der Waals surface area (Å²) >= 11 is 0. The van der Waals surface area contributed by atoms with E-state index in [1.54, 1.807) is 0 Å². The lowest BCUT2D eigenvalue weighted by Crippen LogP contribution is -2.09. The summed E-state index contributed by atoms with van der Waals surface area (Å²) in [5.74, 6) is 1.58. The van der Waals surface area contributed by atoms with Crippen molar-refractivity contribution in [2.75, 3.05) is 18.4 Å². The third-order valence-electron chi connectivity index (χ3n) is 3.07. The molecule has 76 valence electrons. The Balaban J connectivity index is 1.84. The second-order valence-corrected chi connectivity index (χ2v) is 4.19. The van der Waals surface area contributed by atoms with Crippen LogP contribution in [0.5, 0.6) is 0 Å². The maximum Gasteiger partial charge on any atom is 0.0369 e. The van der Waals surface area contributed by atoms with Crippen molar-refractivity contribution in [2.24, 2.45) is 17.6 Å². The van der Waals surface area contributed by atoms with Crippen LogP contribution in [0.25, 0.3) is 0 Å². The molecule has 0 saturated heterocycles. The van der Waals surface area contributed by atoms with E-state index in [9.17, 15) is 0 Å². The molecule has 2 nitrogen and oxygen atoms in total. The minimum Gasteiger partial charge on any atom is -0.385 e. The van der Waals surface area contributed by atoms with Gasteiger partial charge in [0.15, 0.2) is 0 Å². The van der Waals surface area contributed by atoms with E-state index >= 15 is 0 Å². The predicted molar refractivity (Wildman–Crippen MR) is 60.3 cm³/mol. The van der Waals surface area contributed by atoms with Crippen LogP contribution in [0.4, 0.5) is 5.69 Å². The minimum absolute atomic E-state index is 0.770. The fourth-order valence-electron chi connectivity index (χ4n) is 1.86. The van der Waals surface area contributed by atoms with Crippen molar-refractivity contribution in [1.29, 1.82) is 0 Å². The Morgan fingerprint density at radius 2 is 2.14 bits per heavy atom. The zero-order valence-electron chi connectivity index (χ0n) is 8.66. The number of aryl methyl sites for hydroxylation is 1. The molecule has 0 amide bonds. The first-order valence-electron chi connectivity index (χ1n) is 5.31. The summed E-state index contributed by atoms with van der Waals surface area (Å²) in [7, 11) is 0. The fourth-order valence-corrected chi connectivity index (χ4v) is 1.86. The van der Waals surface area contributed by atoms with Crippen molar-refractivity contribution in [2.45, 2.75) is 13.3 Å². The first-order chi connectivity index (χ1) is 6.81. The highest BCUT2D eigenvalue weighted by Crippen LogP contribution is 2.37. The van der Waals surface area contributed by atoms with Gasteiger partial charge in [0.05, 0.1) is 0 Å². The van der Waals surface area contributed by atoms with Gasteiger partial charge in [0.2, 0.25) is 0 Å². The van der Waals surface area contributed by atoms with Crippen LogP contribution in [0.3, 0.4) is 0 Å². The lowest BCUT2D eigenvalue weighted by atomic mass is 10.2. The molecule has 2 heteroatoms. The topological polar surface area (TPSA) is 38.0 Å². The molecule has 14 heavy (non-hydrogen) atoms. The van der Waals surface area contributed by atoms with Gasteiger partial charge < -0.3 is 11.1 Å². The molecule has 0 radical (unpaired) electrons. The Kier molecular flexibility index (Phi) is 2.73. The predicted octanol–water partition coefficient (Wildman–Crippen LogP) is 2.00. The number of para-hydroxylation sites is 1. The van der Waals surface area contributed by atoms with E-state index in [1.165, 1.54) is 17.7 Å². The molecule has 0 spiro atoms. The number of benzene rings is 1. The van der Waals surface area contributed by atoms with Crippen molar-refractivity contribution in [1.82, 2.24) is 0 Å². The Morgan fingerprint density at radius 1 is 1.36 bits per heavy atom. The maximum atomic E-state index is 5.60. The number of nitrogens with two attached hydrogens (primary N) is 1. The highest BCUT2D eigenvalue weighted by Gasteiger charge is 2.34. The van der Waals surface area contributed by atoms with Gasteiger partial charge >= 0.3 is 0 Å². The van der Waals surface area contributed by atoms with E-state index in [4.69, 9.17) is 5.73 Å². The summed E-state index contributed by atoms with van der Waals surface area (Å²) in [5, 5.41) is 3.48. The van der Waals surface area contributed by atoms with E-state index in [-0.39, 0.29) is 0 Å². The number of rotatable bonds is 4. The summed E-state index contributed by atoms with van der Waals surface area (Å²) in [5.41, 5.74) is 8.17. The molecule has 0 heterocycles. The van der Waals surface area contributed by atoms with Crippen LogP contribution in [0.15, 0.2) is 24.3 Å². The van der Waals surface area contributed by atoms with Gasteiger partial charge in [-0.25, -0.2) is 0 Å². The zero-order valence-corrected chi connectivity index (χ0v) is 8.66. The van der Waals surface area contributed by atoms with Crippen LogP contribution in [0, 0.1) is 18.8 Å². The quantitative estimate of drug-likeness (QED) is 0.762. The lowest BCUT2D eigenvalue weighted by molar-refractivity contribution is 0.733. The Hall–Kier alpha value is -1.02. The van der Waals surface area contributed by atoms with Crippen LogP contribution in [-0.4, -0.2) is 13.1 Å². The van der Waals surface area contributed by atoms with E-state index in [0.717, 1.165) is 24.9 Å². The standard InChI is InChI=1S/C12H18N2/c1-9-4-2-3-5-12(9)14-8-11-6-10(11)7-13/h2-5,10-11,14H,6-8,13H2,1H3/t10-,11-/m0/s1. The smallest absolute Gasteiger partial charge is 0.0369 e. The van der Waals surface area contributed by atoms with Crippen molar-refractivity contribution in [3.8, 4) is 0 Å². The van der Waals surface area contributed by atoms with Crippen LogP contribution >= 0.6 is 0 Å². The van der Waals surface area contributed by atoms with E-state index in [2.05, 4.69) is 36.5 Å². The van der Waals surface area contributed by atoms with E-state index in [1.807, 2.05) is 0 Å². The largest absolute Gasteiger partial charge is 0.385 e. The van der Waals surface area contributed by atoms with Gasteiger partial charge in [-0.1, -0.05) is 18.2 Å². The third-order valence-corrected chi connectivity index (χ3v) is 3.07. The highest BCUT2D eigenvalue weighted by molar-refractivity contribution is 5.50. The molecule has 0 bridgehead atoms. The first kappa shape index (κ1) is 9.53. The van der Waals surface area contributed by atoms with Crippen molar-refractivity contribution in [3.63, 3.8) is 0 Å². The zero-order chi connectivity index (χ0) is 9.97. The molecule has 1 aromatic rings. The SMILES string of the molecule is Cc1ccccc1NC[C@@H]1C[C@H]1CN. The summed E-state index contributed by atoms with van der Waals surface area (Å²) < 4.78 is 0. The number of hydrogen-bond donors (Lipinski definition) is 2. The molecule has 1 saturated carbocycles. The molecule has 1 aliphatic carbocycles. The van der Waals surface area contributed by atoms with E-state index < -0.39 is 0 Å². The van der Waals surface area contributed by atoms with E-state index in [0.29, 0.717) is 0 Å². The average Bonchev–Trinajstić information content (AvgIpc) is 2.95. The van der Waals surface area contributed by atoms with Crippen LogP contribution < -0.4 is 11.1 Å². The summed E-state index contributed by atoms with van der Waals surface area (Å²) in [6.07, 6.45) is 1.30. The number of nitrogens with one attached hydrogen (secondary N) is 1. The molecule has 1 aliphatic rings. The normalized spacial score (nSPS) is 24.7. The molecule has 0 aromatic heterocycles. The molecular weight excluding hydrogens is 172 g/mol. The molecule has 1 aromatic carbocycles. The molecular formula is C12H18N2. The fraction of sp³-hybridized carbons (Fsp3) is 0.500. The number of hydrogen-bond acceptors (Lipinski definition) is 2. The molecule has 2 rings (SSSR count). The molecule has 0 aliphatic heterocycles. The van der Waals surface area contributed by atoms with Gasteiger partial charge in [-0.05, 0) is 43.4 Å². The first-order valence-corrected chi connectivity index (χ1v) is 5.31. The third kappa shape index (κ3) is 2.07. The molecule has 1 fully saturated rings. The molecule has 0 unspecified atom stereocenters. The summed E-state index contributed by atoms with van der Waals surface area (Å²) in [4.78, 5) is 0. The molecule has 3 N–H and O–H groups in total. The summed E-state index contributed by atoms with van der Waals surface area (Å²) in [6.45, 7) is 4.06. The average molecular weight is 190 g/mol. The van der Waals surface area contributed by atoms with Gasteiger partial charge in [-0.3, -0.25) is 0 Å². The second-order valence-electron chi connectivity index (χ2n) is 4.19. The van der Waals surface area contributed by atoms with Crippen molar-refractivity contribution < 1.29 is 0 Å². The van der Waals surface area contributed by atoms with Gasteiger partial charge in [0.25, 0.3) is 0 Å². The highest BCUT2D eigenvalue weighted by atomic mass is 14.9. The van der Waals surface area contributed by atoms with Gasteiger partial charge in [0, 0.05) is 12.2 Å².